The van der Waals surface area contributed by atoms with Crippen LogP contribution >= 0.6 is 0 Å². The number of alkyl halides is 3. The van der Waals surface area contributed by atoms with E-state index in [4.69, 9.17) is 8.85 Å². The van der Waals surface area contributed by atoms with Crippen LogP contribution in [0.25, 0.3) is 10.9 Å². The number of hydrogen-bond acceptors (Lipinski definition) is 4. The number of halogens is 3. The third kappa shape index (κ3) is 3.74. The number of hydrogen-bond donors (Lipinski definition) is 1. The highest BCUT2D eigenvalue weighted by atomic mass is 19.4. The van der Waals surface area contributed by atoms with Gasteiger partial charge in [0, 0.05) is 41.7 Å². The predicted octanol–water partition coefficient (Wildman–Crippen LogP) is 3.69. The fraction of sp³-hybridized carbons (Fsp3) is 0.364. The quantitative estimate of drug-likeness (QED) is 0.680. The second-order valence-corrected chi connectivity index (χ2v) is 7.99. The Bertz CT molecular complexity index is 1250. The first-order chi connectivity index (χ1) is 15.9. The number of rotatable bonds is 4. The Hall–Kier alpha value is -3.07. The van der Waals surface area contributed by atoms with Crippen molar-refractivity contribution in [3.8, 4) is 11.5 Å². The number of aliphatic hydroxyl groups is 1. The molecule has 162 valence electrons. The van der Waals surface area contributed by atoms with Gasteiger partial charge in [-0.1, -0.05) is 0 Å². The summed E-state index contributed by atoms with van der Waals surface area (Å²) in [5, 5.41) is 14.2. The van der Waals surface area contributed by atoms with Crippen LogP contribution in [0.1, 0.15) is 27.6 Å². The first kappa shape index (κ1) is 16.6. The summed E-state index contributed by atoms with van der Waals surface area (Å²) in [6.07, 6.45) is -3.07. The minimum absolute atomic E-state index is 0.0761. The molecule has 6 nitrogen and oxygen atoms in total. The number of aryl methyl sites for hydroxylation is 1. The molecule has 0 radical (unpaired) electrons. The number of ether oxygens (including phenoxy) is 1. The molecule has 0 bridgehead atoms. The summed E-state index contributed by atoms with van der Waals surface area (Å²) in [5.74, 6) is -0.115. The topological polar surface area (TPSA) is 67.6 Å². The summed E-state index contributed by atoms with van der Waals surface area (Å²) in [7, 11) is 0. The first-order valence-electron chi connectivity index (χ1n) is 11.3. The van der Waals surface area contributed by atoms with Gasteiger partial charge in [-0.3, -0.25) is 9.48 Å². The minimum Gasteiger partial charge on any atom is -0.457 e. The SMILES string of the molecule is [2H]C([2H])([2H])n1cc2cc(Oc3ccc(C(F)(F)F)cc3)cc([C@@H]3C[C@H]3C(=O)N3CC(O)C3)c2n1. The Kier molecular flexibility index (Phi) is 3.74. The molecule has 1 saturated heterocycles. The van der Waals surface area contributed by atoms with Crippen molar-refractivity contribution in [3.63, 3.8) is 0 Å². The van der Waals surface area contributed by atoms with E-state index in [9.17, 15) is 23.1 Å². The molecule has 0 unspecified atom stereocenters. The molecule has 1 N–H and O–H groups in total. The number of fused-ring (bicyclic) bond motifs is 1. The third-order valence-corrected chi connectivity index (χ3v) is 5.71. The smallest absolute Gasteiger partial charge is 0.416 e. The van der Waals surface area contributed by atoms with Crippen molar-refractivity contribution in [2.75, 3.05) is 13.1 Å². The number of carbonyl (C=O) groups is 1. The van der Waals surface area contributed by atoms with Crippen molar-refractivity contribution in [1.82, 2.24) is 14.7 Å². The van der Waals surface area contributed by atoms with E-state index in [-0.39, 0.29) is 23.5 Å². The summed E-state index contributed by atoms with van der Waals surface area (Å²) >= 11 is 0. The first-order valence-corrected chi connectivity index (χ1v) is 9.76. The maximum Gasteiger partial charge on any atom is 0.416 e. The third-order valence-electron chi connectivity index (χ3n) is 5.71. The number of β-amino-alcohol motifs (C(OH)–C–C–N with tert-alkyl or cyclic N) is 1. The Morgan fingerprint density at radius 3 is 2.61 bits per heavy atom. The lowest BCUT2D eigenvalue weighted by Gasteiger charge is -2.36. The van der Waals surface area contributed by atoms with Gasteiger partial charge < -0.3 is 14.7 Å². The normalized spacial score (nSPS) is 23.1. The van der Waals surface area contributed by atoms with Gasteiger partial charge in [0.05, 0.1) is 17.2 Å². The molecule has 0 spiro atoms. The molecule has 3 aromatic rings. The number of benzene rings is 2. The monoisotopic (exact) mass is 434 g/mol. The summed E-state index contributed by atoms with van der Waals surface area (Å²) < 4.78 is 68.1. The molecule has 1 aliphatic heterocycles. The van der Waals surface area contributed by atoms with Gasteiger partial charge in [-0.05, 0) is 54.3 Å². The van der Waals surface area contributed by atoms with Gasteiger partial charge in [0.1, 0.15) is 11.5 Å². The van der Waals surface area contributed by atoms with E-state index in [1.165, 1.54) is 18.3 Å². The molecule has 2 aliphatic rings. The molecule has 31 heavy (non-hydrogen) atoms. The van der Waals surface area contributed by atoms with E-state index in [1.54, 1.807) is 17.0 Å². The van der Waals surface area contributed by atoms with E-state index < -0.39 is 24.8 Å². The molecule has 9 heteroatoms. The molecule has 2 heterocycles. The van der Waals surface area contributed by atoms with Gasteiger partial charge in [-0.15, -0.1) is 0 Å². The van der Waals surface area contributed by atoms with Crippen LogP contribution < -0.4 is 4.74 Å². The Labute approximate surface area is 180 Å². The van der Waals surface area contributed by atoms with Crippen molar-refractivity contribution in [2.24, 2.45) is 12.9 Å². The number of carbonyl (C=O) groups excluding carboxylic acids is 1. The fourth-order valence-electron chi connectivity index (χ4n) is 4.00. The molecule has 1 aromatic heterocycles. The fourth-order valence-corrected chi connectivity index (χ4v) is 4.00. The number of aliphatic hydroxyl groups excluding tert-OH is 1. The van der Waals surface area contributed by atoms with E-state index in [2.05, 4.69) is 5.10 Å². The van der Waals surface area contributed by atoms with Crippen LogP contribution in [0, 0.1) is 5.92 Å². The molecule has 2 fully saturated rings. The number of amides is 1. The Morgan fingerprint density at radius 1 is 1.23 bits per heavy atom. The summed E-state index contributed by atoms with van der Waals surface area (Å²) in [4.78, 5) is 14.3. The van der Waals surface area contributed by atoms with Crippen molar-refractivity contribution < 1.29 is 31.9 Å². The molecule has 2 aromatic carbocycles. The lowest BCUT2D eigenvalue weighted by Crippen LogP contribution is -2.54. The van der Waals surface area contributed by atoms with E-state index in [0.29, 0.717) is 41.7 Å². The molecular weight excluding hydrogens is 411 g/mol. The highest BCUT2D eigenvalue weighted by molar-refractivity contribution is 5.88. The number of nitrogens with zero attached hydrogens (tertiary/aromatic N) is 3. The van der Waals surface area contributed by atoms with Crippen LogP contribution in [0.2, 0.25) is 0 Å². The average molecular weight is 434 g/mol. The highest BCUT2D eigenvalue weighted by Gasteiger charge is 2.48. The average Bonchev–Trinajstić information content (AvgIpc) is 3.39. The van der Waals surface area contributed by atoms with Crippen molar-refractivity contribution in [2.45, 2.75) is 24.6 Å². The zero-order valence-electron chi connectivity index (χ0n) is 19.1. The van der Waals surface area contributed by atoms with Crippen molar-refractivity contribution >= 4 is 16.8 Å². The summed E-state index contributed by atoms with van der Waals surface area (Å²) in [6, 6.07) is 7.46. The molecule has 2 atom stereocenters. The van der Waals surface area contributed by atoms with Crippen LogP contribution in [-0.2, 0) is 17.9 Å². The second kappa shape index (κ2) is 6.98. The zero-order chi connectivity index (χ0) is 24.4. The molecule has 1 saturated carbocycles. The van der Waals surface area contributed by atoms with Crippen LogP contribution in [0.15, 0.2) is 42.6 Å². The van der Waals surface area contributed by atoms with Crippen LogP contribution in [0.5, 0.6) is 11.5 Å². The lowest BCUT2D eigenvalue weighted by atomic mass is 10.0. The van der Waals surface area contributed by atoms with Crippen LogP contribution in [-0.4, -0.2) is 44.9 Å². The van der Waals surface area contributed by atoms with Gasteiger partial charge in [0.2, 0.25) is 5.91 Å². The minimum atomic E-state index is -4.46. The van der Waals surface area contributed by atoms with Gasteiger partial charge in [0.15, 0.2) is 0 Å². The molecule has 5 rings (SSSR count). The Balaban J connectivity index is 1.47. The van der Waals surface area contributed by atoms with E-state index in [0.717, 1.165) is 16.8 Å². The van der Waals surface area contributed by atoms with E-state index in [1.807, 2.05) is 0 Å². The number of aromatic nitrogens is 2. The van der Waals surface area contributed by atoms with Gasteiger partial charge in [-0.2, -0.15) is 18.3 Å². The summed E-state index contributed by atoms with van der Waals surface area (Å²) in [6.45, 7) is -1.91. The second-order valence-electron chi connectivity index (χ2n) is 7.99. The van der Waals surface area contributed by atoms with Crippen LogP contribution in [0.4, 0.5) is 13.2 Å². The summed E-state index contributed by atoms with van der Waals surface area (Å²) in [5.41, 5.74) is 0.270. The number of likely N-dealkylation sites (tertiary alicyclic amines) is 1. The van der Waals surface area contributed by atoms with Crippen molar-refractivity contribution in [3.05, 3.63) is 53.7 Å². The maximum absolute atomic E-state index is 12.8. The van der Waals surface area contributed by atoms with Gasteiger partial charge in [0.25, 0.3) is 0 Å². The largest absolute Gasteiger partial charge is 0.457 e. The zero-order valence-corrected chi connectivity index (χ0v) is 16.1. The van der Waals surface area contributed by atoms with Crippen molar-refractivity contribution in [1.29, 1.82) is 0 Å². The maximum atomic E-state index is 12.8. The van der Waals surface area contributed by atoms with Crippen LogP contribution in [0.3, 0.4) is 0 Å². The van der Waals surface area contributed by atoms with E-state index >= 15 is 0 Å². The highest BCUT2D eigenvalue weighted by Crippen LogP contribution is 2.51. The molecule has 1 aliphatic carbocycles. The van der Waals surface area contributed by atoms with Gasteiger partial charge >= 0.3 is 6.18 Å². The molecule has 1 amide bonds. The predicted molar refractivity (Wildman–Crippen MR) is 106 cm³/mol. The Morgan fingerprint density at radius 2 is 1.97 bits per heavy atom. The lowest BCUT2D eigenvalue weighted by molar-refractivity contribution is -0.142. The van der Waals surface area contributed by atoms with Gasteiger partial charge in [-0.25, -0.2) is 0 Å². The molecular formula is C22H20F3N3O3. The standard InChI is InChI=1S/C22H20F3N3O3/c1-27-9-12-6-16(31-15-4-2-13(3-5-15)22(23,24)25)7-18(20(12)26-27)17-8-19(17)21(30)28-10-14(29)11-28/h2-7,9,14,17,19,29H,8,10-11H2,1H3/t17-,19+/m0/s1/i1D3.